The minimum absolute atomic E-state index is 0.0232. The summed E-state index contributed by atoms with van der Waals surface area (Å²) in [7, 11) is 0. The van der Waals surface area contributed by atoms with Crippen LogP contribution in [-0.4, -0.2) is 24.1 Å². The van der Waals surface area contributed by atoms with Gasteiger partial charge in [-0.3, -0.25) is 4.79 Å². The molecule has 5 heteroatoms. The van der Waals surface area contributed by atoms with Gasteiger partial charge in [0.2, 0.25) is 5.91 Å². The van der Waals surface area contributed by atoms with Crippen LogP contribution in [0.2, 0.25) is 0 Å². The smallest absolute Gasteiger partial charge is 0.237 e. The van der Waals surface area contributed by atoms with Crippen molar-refractivity contribution < 1.29 is 9.53 Å². The Morgan fingerprint density at radius 2 is 2.14 bits per heavy atom. The molecule has 0 aromatic carbocycles. The van der Waals surface area contributed by atoms with Crippen LogP contribution >= 0.6 is 11.3 Å². The second-order valence-corrected chi connectivity index (χ2v) is 6.24. The Kier molecular flexibility index (Phi) is 4.03. The predicted octanol–water partition coefficient (Wildman–Crippen LogP) is 3.14. The highest BCUT2D eigenvalue weighted by atomic mass is 32.1. The number of amides is 1. The molecule has 0 bridgehead atoms. The van der Waals surface area contributed by atoms with Gasteiger partial charge in [0.1, 0.15) is 5.82 Å². The number of rotatable bonds is 3. The van der Waals surface area contributed by atoms with E-state index in [-0.39, 0.29) is 5.91 Å². The molecule has 0 atom stereocenters. The zero-order valence-electron chi connectivity index (χ0n) is 12.0. The van der Waals surface area contributed by atoms with Gasteiger partial charge < -0.3 is 10.1 Å². The molecule has 3 heterocycles. The fourth-order valence-electron chi connectivity index (χ4n) is 2.70. The first-order valence-corrected chi connectivity index (χ1v) is 7.95. The maximum absolute atomic E-state index is 12.9. The molecule has 0 radical (unpaired) electrons. The first-order valence-electron chi connectivity index (χ1n) is 7.07. The Bertz CT molecular complexity index is 619. The van der Waals surface area contributed by atoms with Crippen LogP contribution < -0.4 is 5.32 Å². The lowest BCUT2D eigenvalue weighted by Crippen LogP contribution is -2.44. The summed E-state index contributed by atoms with van der Waals surface area (Å²) in [5, 5.41) is 5.03. The van der Waals surface area contributed by atoms with Gasteiger partial charge >= 0.3 is 0 Å². The van der Waals surface area contributed by atoms with Crippen molar-refractivity contribution in [3.05, 3.63) is 46.3 Å². The van der Waals surface area contributed by atoms with Crippen LogP contribution in [0.4, 0.5) is 5.82 Å². The molecule has 1 N–H and O–H groups in total. The summed E-state index contributed by atoms with van der Waals surface area (Å²) >= 11 is 1.63. The molecule has 1 fully saturated rings. The van der Waals surface area contributed by atoms with E-state index in [0.717, 1.165) is 10.4 Å². The van der Waals surface area contributed by atoms with Gasteiger partial charge in [-0.05, 0) is 42.8 Å². The summed E-state index contributed by atoms with van der Waals surface area (Å²) in [6.07, 6.45) is 3.13. The van der Waals surface area contributed by atoms with E-state index in [2.05, 4.69) is 10.3 Å². The third-order valence-electron chi connectivity index (χ3n) is 4.02. The molecule has 0 saturated carbocycles. The molecule has 2 aromatic heterocycles. The highest BCUT2D eigenvalue weighted by molar-refractivity contribution is 7.10. The van der Waals surface area contributed by atoms with E-state index in [4.69, 9.17) is 4.74 Å². The molecule has 1 saturated heterocycles. The van der Waals surface area contributed by atoms with Crippen LogP contribution in [0.25, 0.3) is 0 Å². The number of ether oxygens (including phenoxy) is 1. The highest BCUT2D eigenvalue weighted by Gasteiger charge is 2.42. The van der Waals surface area contributed by atoms with Crippen molar-refractivity contribution in [1.29, 1.82) is 0 Å². The number of hydrogen-bond acceptors (Lipinski definition) is 4. The molecular formula is C16H18N2O2S. The molecule has 3 rings (SSSR count). The SMILES string of the molecule is Cc1cccnc1NC(=O)C1(c2cccs2)CCOCC1. The van der Waals surface area contributed by atoms with Crippen LogP contribution in [0.15, 0.2) is 35.8 Å². The molecule has 21 heavy (non-hydrogen) atoms. The first kappa shape index (κ1) is 14.2. The van der Waals surface area contributed by atoms with Gasteiger partial charge in [-0.25, -0.2) is 4.98 Å². The van der Waals surface area contributed by atoms with Gasteiger partial charge in [0.05, 0.1) is 5.41 Å². The Morgan fingerprint density at radius 3 is 2.81 bits per heavy atom. The second-order valence-electron chi connectivity index (χ2n) is 5.29. The minimum atomic E-state index is -0.490. The normalized spacial score (nSPS) is 17.4. The van der Waals surface area contributed by atoms with E-state index in [1.807, 2.05) is 36.6 Å². The van der Waals surface area contributed by atoms with Crippen LogP contribution in [0.1, 0.15) is 23.3 Å². The molecule has 0 unspecified atom stereocenters. The number of nitrogens with zero attached hydrogens (tertiary/aromatic N) is 1. The quantitative estimate of drug-likeness (QED) is 0.947. The van der Waals surface area contributed by atoms with Gasteiger partial charge in [-0.2, -0.15) is 0 Å². The standard InChI is InChI=1S/C16H18N2O2S/c1-12-4-2-8-17-14(12)18-15(19)16(6-9-20-10-7-16)13-5-3-11-21-13/h2-5,8,11H,6-7,9-10H2,1H3,(H,17,18,19). The molecular weight excluding hydrogens is 284 g/mol. The summed E-state index contributed by atoms with van der Waals surface area (Å²) < 4.78 is 5.46. The Balaban J connectivity index is 1.90. The van der Waals surface area contributed by atoms with Crippen molar-refractivity contribution in [2.24, 2.45) is 0 Å². The van der Waals surface area contributed by atoms with Gasteiger partial charge in [0, 0.05) is 24.3 Å². The average molecular weight is 302 g/mol. The number of carbonyl (C=O) groups excluding carboxylic acids is 1. The molecule has 2 aromatic rings. The van der Waals surface area contributed by atoms with Crippen molar-refractivity contribution in [3.63, 3.8) is 0 Å². The fourth-order valence-corrected chi connectivity index (χ4v) is 3.68. The average Bonchev–Trinajstić information content (AvgIpc) is 3.05. The summed E-state index contributed by atoms with van der Waals surface area (Å²) in [6.45, 7) is 3.18. The molecule has 1 aliphatic rings. The summed E-state index contributed by atoms with van der Waals surface area (Å²) in [6, 6.07) is 7.86. The predicted molar refractivity (Wildman–Crippen MR) is 83.7 cm³/mol. The summed E-state index contributed by atoms with van der Waals surface area (Å²) in [4.78, 5) is 18.3. The van der Waals surface area contributed by atoms with Crippen LogP contribution in [-0.2, 0) is 14.9 Å². The van der Waals surface area contributed by atoms with Crippen molar-refractivity contribution in [2.75, 3.05) is 18.5 Å². The maximum atomic E-state index is 12.9. The van der Waals surface area contributed by atoms with Gasteiger partial charge in [-0.15, -0.1) is 11.3 Å². The maximum Gasteiger partial charge on any atom is 0.237 e. The third kappa shape index (κ3) is 2.71. The Hall–Kier alpha value is -1.72. The molecule has 110 valence electrons. The highest BCUT2D eigenvalue weighted by Crippen LogP contribution is 2.38. The van der Waals surface area contributed by atoms with Crippen molar-refractivity contribution >= 4 is 23.1 Å². The Labute approximate surface area is 128 Å². The number of hydrogen-bond donors (Lipinski definition) is 1. The van der Waals surface area contributed by atoms with E-state index in [9.17, 15) is 4.79 Å². The van der Waals surface area contributed by atoms with E-state index in [1.54, 1.807) is 17.5 Å². The number of carbonyl (C=O) groups is 1. The molecule has 1 aliphatic heterocycles. The number of nitrogens with one attached hydrogen (secondary N) is 1. The van der Waals surface area contributed by atoms with Crippen molar-refractivity contribution in [3.8, 4) is 0 Å². The second kappa shape index (κ2) is 5.95. The van der Waals surface area contributed by atoms with Gasteiger partial charge in [0.25, 0.3) is 0 Å². The number of thiophene rings is 1. The largest absolute Gasteiger partial charge is 0.381 e. The van der Waals surface area contributed by atoms with Gasteiger partial charge in [-0.1, -0.05) is 12.1 Å². The number of aryl methyl sites for hydroxylation is 1. The number of anilines is 1. The van der Waals surface area contributed by atoms with Crippen molar-refractivity contribution in [1.82, 2.24) is 4.98 Å². The Morgan fingerprint density at radius 1 is 1.33 bits per heavy atom. The van der Waals surface area contributed by atoms with Crippen molar-refractivity contribution in [2.45, 2.75) is 25.2 Å². The summed E-state index contributed by atoms with van der Waals surface area (Å²) in [5.41, 5.74) is 0.482. The van der Waals surface area contributed by atoms with Gasteiger partial charge in [0.15, 0.2) is 0 Å². The topological polar surface area (TPSA) is 51.2 Å². The summed E-state index contributed by atoms with van der Waals surface area (Å²) in [5.74, 6) is 0.667. The van der Waals surface area contributed by atoms with Crippen LogP contribution in [0, 0.1) is 6.92 Å². The van der Waals surface area contributed by atoms with E-state index < -0.39 is 5.41 Å². The lowest BCUT2D eigenvalue weighted by Gasteiger charge is -2.35. The van der Waals surface area contributed by atoms with Crippen LogP contribution in [0.5, 0.6) is 0 Å². The van der Waals surface area contributed by atoms with E-state index in [0.29, 0.717) is 31.9 Å². The number of aromatic nitrogens is 1. The van der Waals surface area contributed by atoms with E-state index >= 15 is 0 Å². The number of pyridine rings is 1. The minimum Gasteiger partial charge on any atom is -0.381 e. The first-order chi connectivity index (χ1) is 10.2. The monoisotopic (exact) mass is 302 g/mol. The molecule has 0 spiro atoms. The molecule has 4 nitrogen and oxygen atoms in total. The molecule has 0 aliphatic carbocycles. The third-order valence-corrected chi connectivity index (χ3v) is 5.09. The fraction of sp³-hybridized carbons (Fsp3) is 0.375. The zero-order chi connectivity index (χ0) is 14.7. The van der Waals surface area contributed by atoms with E-state index in [1.165, 1.54) is 0 Å². The lowest BCUT2D eigenvalue weighted by atomic mass is 9.78. The van der Waals surface area contributed by atoms with Crippen LogP contribution in [0.3, 0.4) is 0 Å². The zero-order valence-corrected chi connectivity index (χ0v) is 12.8. The molecule has 1 amide bonds. The lowest BCUT2D eigenvalue weighted by molar-refractivity contribution is -0.125.